The molecule has 2 atom stereocenters. The van der Waals surface area contributed by atoms with E-state index >= 15 is 0 Å². The Morgan fingerprint density at radius 2 is 2.32 bits per heavy atom. The number of rotatable bonds is 5. The minimum atomic E-state index is 0.223. The molecule has 2 aromatic rings. The molecule has 0 aliphatic carbocycles. The van der Waals surface area contributed by atoms with Crippen LogP contribution in [0.15, 0.2) is 29.6 Å². The van der Waals surface area contributed by atoms with Crippen LogP contribution in [0, 0.1) is 0 Å². The third-order valence-corrected chi connectivity index (χ3v) is 4.87. The van der Waals surface area contributed by atoms with Crippen LogP contribution in [-0.4, -0.2) is 12.7 Å². The topological polar surface area (TPSA) is 47.3 Å². The average molecular weight is 276 g/mol. The van der Waals surface area contributed by atoms with E-state index in [0.29, 0.717) is 6.10 Å². The summed E-state index contributed by atoms with van der Waals surface area (Å²) in [5.74, 6) is 5.75. The van der Waals surface area contributed by atoms with Gasteiger partial charge < -0.3 is 4.74 Å². The van der Waals surface area contributed by atoms with Gasteiger partial charge in [-0.3, -0.25) is 11.3 Å². The molecule has 3 rings (SSSR count). The maximum Gasteiger partial charge on any atom is 0.0576 e. The molecule has 2 heterocycles. The molecule has 19 heavy (non-hydrogen) atoms. The van der Waals surface area contributed by atoms with Crippen molar-refractivity contribution in [2.75, 3.05) is 6.61 Å². The molecule has 4 heteroatoms. The van der Waals surface area contributed by atoms with Crippen molar-refractivity contribution in [3.8, 4) is 0 Å². The van der Waals surface area contributed by atoms with Gasteiger partial charge in [0, 0.05) is 17.3 Å². The van der Waals surface area contributed by atoms with Gasteiger partial charge in [-0.15, -0.1) is 11.3 Å². The minimum absolute atomic E-state index is 0.223. The molecule has 2 unspecified atom stereocenters. The minimum Gasteiger partial charge on any atom is -0.378 e. The summed E-state index contributed by atoms with van der Waals surface area (Å²) in [6.07, 6.45) is 4.94. The van der Waals surface area contributed by atoms with E-state index in [1.165, 1.54) is 28.5 Å². The second kappa shape index (κ2) is 6.01. The van der Waals surface area contributed by atoms with Gasteiger partial charge in [-0.1, -0.05) is 18.2 Å². The van der Waals surface area contributed by atoms with Crippen LogP contribution in [0.1, 0.15) is 37.3 Å². The number of thiophene rings is 1. The summed E-state index contributed by atoms with van der Waals surface area (Å²) < 4.78 is 7.02. The standard InChI is InChI=1S/C15H20N2OS/c16-17-14(8-7-11-4-3-9-18-11)13-10-19-15-6-2-1-5-12(13)15/h1-2,5-6,10-11,14,17H,3-4,7-9,16H2. The molecule has 102 valence electrons. The molecule has 1 saturated heterocycles. The van der Waals surface area contributed by atoms with Crippen LogP contribution in [0.25, 0.3) is 10.1 Å². The maximum absolute atomic E-state index is 5.75. The second-order valence-corrected chi connectivity index (χ2v) is 6.03. The molecule has 3 N–H and O–H groups in total. The van der Waals surface area contributed by atoms with Crippen LogP contribution >= 0.6 is 11.3 Å². The lowest BCUT2D eigenvalue weighted by Crippen LogP contribution is -2.28. The van der Waals surface area contributed by atoms with Crippen LogP contribution < -0.4 is 11.3 Å². The first kappa shape index (κ1) is 13.1. The van der Waals surface area contributed by atoms with Gasteiger partial charge in [0.05, 0.1) is 6.10 Å². The predicted octanol–water partition coefficient (Wildman–Crippen LogP) is 3.36. The Balaban J connectivity index is 1.73. The van der Waals surface area contributed by atoms with Crippen molar-refractivity contribution in [2.24, 2.45) is 5.84 Å². The highest BCUT2D eigenvalue weighted by atomic mass is 32.1. The summed E-state index contributed by atoms with van der Waals surface area (Å²) >= 11 is 1.79. The van der Waals surface area contributed by atoms with Crippen molar-refractivity contribution in [2.45, 2.75) is 37.8 Å². The zero-order valence-electron chi connectivity index (χ0n) is 11.0. The molecule has 1 fully saturated rings. The molecule has 1 aromatic heterocycles. The van der Waals surface area contributed by atoms with Gasteiger partial charge in [-0.25, -0.2) is 0 Å². The summed E-state index contributed by atoms with van der Waals surface area (Å²) in [5, 5.41) is 3.55. The van der Waals surface area contributed by atoms with Crippen molar-refractivity contribution in [3.63, 3.8) is 0 Å². The van der Waals surface area contributed by atoms with Gasteiger partial charge in [-0.05, 0) is 48.1 Å². The summed E-state index contributed by atoms with van der Waals surface area (Å²) in [4.78, 5) is 0. The number of benzene rings is 1. The molecule has 0 spiro atoms. The molecule has 3 nitrogen and oxygen atoms in total. The van der Waals surface area contributed by atoms with Gasteiger partial charge in [0.1, 0.15) is 0 Å². The van der Waals surface area contributed by atoms with Crippen LogP contribution in [0.4, 0.5) is 0 Å². The molecule has 0 saturated carbocycles. The quantitative estimate of drug-likeness (QED) is 0.650. The van der Waals surface area contributed by atoms with E-state index in [1.807, 2.05) is 0 Å². The highest BCUT2D eigenvalue weighted by Crippen LogP contribution is 2.32. The molecular formula is C15H20N2OS. The lowest BCUT2D eigenvalue weighted by Gasteiger charge is -2.17. The number of hydrogen-bond donors (Lipinski definition) is 2. The lowest BCUT2D eigenvalue weighted by atomic mass is 9.99. The number of hydrogen-bond acceptors (Lipinski definition) is 4. The first-order chi connectivity index (χ1) is 9.38. The van der Waals surface area contributed by atoms with Crippen molar-refractivity contribution in [1.82, 2.24) is 5.43 Å². The molecule has 1 aromatic carbocycles. The summed E-state index contributed by atoms with van der Waals surface area (Å²) in [6, 6.07) is 8.74. The molecule has 0 radical (unpaired) electrons. The Labute approximate surface area is 117 Å². The van der Waals surface area contributed by atoms with E-state index in [-0.39, 0.29) is 6.04 Å². The van der Waals surface area contributed by atoms with E-state index < -0.39 is 0 Å². The Morgan fingerprint density at radius 1 is 1.42 bits per heavy atom. The Morgan fingerprint density at radius 3 is 3.11 bits per heavy atom. The SMILES string of the molecule is NNC(CCC1CCCO1)c1csc2ccccc12. The maximum atomic E-state index is 5.75. The summed E-state index contributed by atoms with van der Waals surface area (Å²) in [7, 11) is 0. The van der Waals surface area contributed by atoms with Gasteiger partial charge in [-0.2, -0.15) is 0 Å². The van der Waals surface area contributed by atoms with Crippen LogP contribution in [0.2, 0.25) is 0 Å². The average Bonchev–Trinajstić information content (AvgIpc) is 3.09. The van der Waals surface area contributed by atoms with Crippen LogP contribution in [0.3, 0.4) is 0 Å². The monoisotopic (exact) mass is 276 g/mol. The fourth-order valence-electron chi connectivity index (χ4n) is 2.82. The molecule has 0 bridgehead atoms. The molecule has 1 aliphatic heterocycles. The van der Waals surface area contributed by atoms with Crippen molar-refractivity contribution < 1.29 is 4.74 Å². The highest BCUT2D eigenvalue weighted by molar-refractivity contribution is 7.17. The van der Waals surface area contributed by atoms with E-state index in [0.717, 1.165) is 19.4 Å². The van der Waals surface area contributed by atoms with E-state index in [9.17, 15) is 0 Å². The smallest absolute Gasteiger partial charge is 0.0576 e. The summed E-state index contributed by atoms with van der Waals surface area (Å²) in [6.45, 7) is 0.923. The largest absolute Gasteiger partial charge is 0.378 e. The predicted molar refractivity (Wildman–Crippen MR) is 80.1 cm³/mol. The van der Waals surface area contributed by atoms with Crippen LogP contribution in [0.5, 0.6) is 0 Å². The Hall–Kier alpha value is -0.940. The van der Waals surface area contributed by atoms with E-state index in [4.69, 9.17) is 10.6 Å². The van der Waals surface area contributed by atoms with Crippen molar-refractivity contribution in [3.05, 3.63) is 35.2 Å². The third kappa shape index (κ3) is 2.82. The molecule has 1 aliphatic rings. The number of hydrazine groups is 1. The zero-order chi connectivity index (χ0) is 13.1. The van der Waals surface area contributed by atoms with E-state index in [2.05, 4.69) is 35.1 Å². The number of fused-ring (bicyclic) bond motifs is 1. The second-order valence-electron chi connectivity index (χ2n) is 5.12. The lowest BCUT2D eigenvalue weighted by molar-refractivity contribution is 0.0996. The zero-order valence-corrected chi connectivity index (χ0v) is 11.8. The number of nitrogens with one attached hydrogen (secondary N) is 1. The fraction of sp³-hybridized carbons (Fsp3) is 0.467. The van der Waals surface area contributed by atoms with Gasteiger partial charge in [0.2, 0.25) is 0 Å². The van der Waals surface area contributed by atoms with Gasteiger partial charge >= 0.3 is 0 Å². The highest BCUT2D eigenvalue weighted by Gasteiger charge is 2.19. The Bertz CT molecular complexity index is 534. The molecule has 0 amide bonds. The third-order valence-electron chi connectivity index (χ3n) is 3.89. The first-order valence-electron chi connectivity index (χ1n) is 6.92. The summed E-state index contributed by atoms with van der Waals surface area (Å²) in [5.41, 5.74) is 4.29. The first-order valence-corrected chi connectivity index (χ1v) is 7.80. The number of nitrogens with two attached hydrogens (primary N) is 1. The Kier molecular flexibility index (Phi) is 4.13. The normalized spacial score (nSPS) is 21.0. The fourth-order valence-corrected chi connectivity index (χ4v) is 3.84. The van der Waals surface area contributed by atoms with E-state index in [1.54, 1.807) is 11.3 Å². The van der Waals surface area contributed by atoms with Crippen molar-refractivity contribution in [1.29, 1.82) is 0 Å². The van der Waals surface area contributed by atoms with Gasteiger partial charge in [0.15, 0.2) is 0 Å². The number of ether oxygens (including phenoxy) is 1. The van der Waals surface area contributed by atoms with Crippen LogP contribution in [-0.2, 0) is 4.74 Å². The van der Waals surface area contributed by atoms with Gasteiger partial charge in [0.25, 0.3) is 0 Å². The molecular weight excluding hydrogens is 256 g/mol. The van der Waals surface area contributed by atoms with Crippen molar-refractivity contribution >= 4 is 21.4 Å².